The molecule has 1 unspecified atom stereocenters. The SMILES string of the molecule is CCCCCCCCCCCOCCOCCOCCCCC(O)CCCCCCCC1=C[C@H](C)OC1=O. The van der Waals surface area contributed by atoms with Crippen LogP contribution in [0.2, 0.25) is 0 Å². The summed E-state index contributed by atoms with van der Waals surface area (Å²) in [6.07, 6.45) is 23.8. The summed E-state index contributed by atoms with van der Waals surface area (Å²) in [6.45, 7) is 8.29. The summed E-state index contributed by atoms with van der Waals surface area (Å²) in [7, 11) is 0. The summed E-state index contributed by atoms with van der Waals surface area (Å²) in [6, 6.07) is 0. The summed E-state index contributed by atoms with van der Waals surface area (Å²) in [4.78, 5) is 11.6. The number of esters is 1. The fourth-order valence-corrected chi connectivity index (χ4v) is 4.83. The highest BCUT2D eigenvalue weighted by molar-refractivity contribution is 5.90. The number of carbonyl (C=O) groups excluding carboxylic acids is 1. The minimum absolute atomic E-state index is 0.0612. The van der Waals surface area contributed by atoms with Gasteiger partial charge in [-0.1, -0.05) is 84.0 Å². The zero-order valence-corrected chi connectivity index (χ0v) is 24.9. The number of hydrogen-bond acceptors (Lipinski definition) is 6. The summed E-state index contributed by atoms with van der Waals surface area (Å²) in [5.41, 5.74) is 0.842. The summed E-state index contributed by atoms with van der Waals surface area (Å²) in [5.74, 6) is -0.139. The van der Waals surface area contributed by atoms with Gasteiger partial charge in [0.2, 0.25) is 0 Å². The average molecular weight is 541 g/mol. The van der Waals surface area contributed by atoms with Gasteiger partial charge < -0.3 is 24.1 Å². The predicted molar refractivity (Wildman–Crippen MR) is 155 cm³/mol. The van der Waals surface area contributed by atoms with Gasteiger partial charge in [-0.3, -0.25) is 0 Å². The van der Waals surface area contributed by atoms with E-state index in [1.807, 2.05) is 13.0 Å². The predicted octanol–water partition coefficient (Wildman–Crippen LogP) is 7.70. The van der Waals surface area contributed by atoms with E-state index < -0.39 is 0 Å². The van der Waals surface area contributed by atoms with E-state index in [4.69, 9.17) is 18.9 Å². The zero-order valence-electron chi connectivity index (χ0n) is 24.9. The summed E-state index contributed by atoms with van der Waals surface area (Å²) < 4.78 is 22.0. The minimum Gasteiger partial charge on any atom is -0.455 e. The first-order valence-electron chi connectivity index (χ1n) is 16.0. The van der Waals surface area contributed by atoms with Gasteiger partial charge in [0.05, 0.1) is 32.5 Å². The molecule has 0 radical (unpaired) electrons. The summed E-state index contributed by atoms with van der Waals surface area (Å²) >= 11 is 0. The molecule has 6 heteroatoms. The number of hydrogen-bond donors (Lipinski definition) is 1. The molecule has 1 aliphatic rings. The molecular weight excluding hydrogens is 480 g/mol. The molecule has 0 amide bonds. The Balaban J connectivity index is 1.70. The molecule has 1 N–H and O–H groups in total. The second-order valence-electron chi connectivity index (χ2n) is 10.9. The number of ether oxygens (including phenoxy) is 4. The Morgan fingerprint density at radius 3 is 1.68 bits per heavy atom. The van der Waals surface area contributed by atoms with E-state index in [0.717, 1.165) is 89.4 Å². The van der Waals surface area contributed by atoms with Crippen LogP contribution in [0.5, 0.6) is 0 Å². The molecule has 6 nitrogen and oxygen atoms in total. The fraction of sp³-hybridized carbons (Fsp3) is 0.906. The van der Waals surface area contributed by atoms with Crippen LogP contribution in [0.15, 0.2) is 11.6 Å². The normalized spacial score (nSPS) is 16.1. The van der Waals surface area contributed by atoms with Crippen molar-refractivity contribution < 1.29 is 28.8 Å². The standard InChI is InChI=1S/C32H60O6/c1-3-4-5-6-7-8-9-13-17-22-35-24-26-37-27-25-36-23-18-16-21-31(33)20-15-12-10-11-14-19-30-28-29(2)38-32(30)34/h28-29,31,33H,3-27H2,1-2H3/t29-,31?/m0/s1. The number of aliphatic hydroxyl groups is 1. The molecule has 1 rings (SSSR count). The molecule has 0 aromatic heterocycles. The van der Waals surface area contributed by atoms with Crippen molar-refractivity contribution in [1.29, 1.82) is 0 Å². The van der Waals surface area contributed by atoms with Crippen molar-refractivity contribution in [3.63, 3.8) is 0 Å². The number of aliphatic hydroxyl groups excluding tert-OH is 1. The molecule has 0 aromatic carbocycles. The van der Waals surface area contributed by atoms with Gasteiger partial charge in [-0.05, 0) is 57.9 Å². The third-order valence-electron chi connectivity index (χ3n) is 7.19. The Morgan fingerprint density at radius 1 is 0.684 bits per heavy atom. The van der Waals surface area contributed by atoms with Gasteiger partial charge in [0, 0.05) is 18.8 Å². The van der Waals surface area contributed by atoms with E-state index >= 15 is 0 Å². The van der Waals surface area contributed by atoms with Crippen LogP contribution < -0.4 is 0 Å². The fourth-order valence-electron chi connectivity index (χ4n) is 4.83. The minimum atomic E-state index is -0.200. The van der Waals surface area contributed by atoms with Crippen LogP contribution in [0.25, 0.3) is 0 Å². The van der Waals surface area contributed by atoms with Crippen LogP contribution in [0.1, 0.15) is 136 Å². The maximum atomic E-state index is 11.6. The first-order chi connectivity index (χ1) is 18.6. The molecule has 2 atom stereocenters. The molecular formula is C32H60O6. The van der Waals surface area contributed by atoms with E-state index in [-0.39, 0.29) is 18.2 Å². The molecule has 0 aromatic rings. The highest BCUT2D eigenvalue weighted by Gasteiger charge is 2.21. The lowest BCUT2D eigenvalue weighted by molar-refractivity contribution is -0.139. The van der Waals surface area contributed by atoms with Gasteiger partial charge in [-0.2, -0.15) is 0 Å². The van der Waals surface area contributed by atoms with E-state index in [9.17, 15) is 9.90 Å². The first-order valence-corrected chi connectivity index (χ1v) is 16.0. The highest BCUT2D eigenvalue weighted by atomic mass is 16.5. The van der Waals surface area contributed by atoms with Crippen molar-refractivity contribution in [2.45, 2.75) is 148 Å². The Labute approximate surface area is 234 Å². The number of cyclic esters (lactones) is 1. The maximum absolute atomic E-state index is 11.6. The lowest BCUT2D eigenvalue weighted by atomic mass is 10.0. The second-order valence-corrected chi connectivity index (χ2v) is 10.9. The van der Waals surface area contributed by atoms with Crippen molar-refractivity contribution >= 4 is 5.97 Å². The van der Waals surface area contributed by atoms with Crippen LogP contribution >= 0.6 is 0 Å². The number of unbranched alkanes of at least 4 members (excludes halogenated alkanes) is 13. The molecule has 1 aliphatic heterocycles. The van der Waals surface area contributed by atoms with Crippen LogP contribution in [0.3, 0.4) is 0 Å². The Hall–Kier alpha value is -0.950. The van der Waals surface area contributed by atoms with Crippen LogP contribution in [-0.4, -0.2) is 62.9 Å². The monoisotopic (exact) mass is 540 g/mol. The van der Waals surface area contributed by atoms with Gasteiger partial charge >= 0.3 is 5.97 Å². The van der Waals surface area contributed by atoms with Gasteiger partial charge in [-0.15, -0.1) is 0 Å². The largest absolute Gasteiger partial charge is 0.455 e. The molecule has 0 aliphatic carbocycles. The molecule has 0 spiro atoms. The number of carbonyl (C=O) groups is 1. The number of rotatable bonds is 29. The lowest BCUT2D eigenvalue weighted by Gasteiger charge is -2.10. The van der Waals surface area contributed by atoms with E-state index in [1.54, 1.807) is 0 Å². The van der Waals surface area contributed by atoms with E-state index in [1.165, 1.54) is 51.4 Å². The third kappa shape index (κ3) is 21.9. The Kier molecular flexibility index (Phi) is 24.3. The smallest absolute Gasteiger partial charge is 0.334 e. The molecule has 0 saturated carbocycles. The molecule has 1 heterocycles. The van der Waals surface area contributed by atoms with Crippen LogP contribution in [0, 0.1) is 0 Å². The van der Waals surface area contributed by atoms with Crippen LogP contribution in [0.4, 0.5) is 0 Å². The van der Waals surface area contributed by atoms with Crippen molar-refractivity contribution in [2.75, 3.05) is 39.6 Å². The van der Waals surface area contributed by atoms with E-state index in [0.29, 0.717) is 26.4 Å². The molecule has 38 heavy (non-hydrogen) atoms. The lowest BCUT2D eigenvalue weighted by Crippen LogP contribution is -2.11. The molecule has 0 saturated heterocycles. The van der Waals surface area contributed by atoms with E-state index in [2.05, 4.69) is 6.92 Å². The molecule has 0 bridgehead atoms. The van der Waals surface area contributed by atoms with Crippen molar-refractivity contribution in [2.24, 2.45) is 0 Å². The zero-order chi connectivity index (χ0) is 27.5. The first kappa shape index (κ1) is 35.1. The third-order valence-corrected chi connectivity index (χ3v) is 7.19. The molecule has 0 fully saturated rings. The van der Waals surface area contributed by atoms with Gasteiger partial charge in [0.15, 0.2) is 0 Å². The van der Waals surface area contributed by atoms with Crippen molar-refractivity contribution in [3.05, 3.63) is 11.6 Å². The molecule has 224 valence electrons. The van der Waals surface area contributed by atoms with Gasteiger partial charge in [0.25, 0.3) is 0 Å². The quantitative estimate of drug-likeness (QED) is 0.0774. The summed E-state index contributed by atoms with van der Waals surface area (Å²) in [5, 5.41) is 10.2. The highest BCUT2D eigenvalue weighted by Crippen LogP contribution is 2.20. The van der Waals surface area contributed by atoms with Crippen molar-refractivity contribution in [3.8, 4) is 0 Å². The Bertz CT molecular complexity index is 564. The van der Waals surface area contributed by atoms with Crippen molar-refractivity contribution in [1.82, 2.24) is 0 Å². The Morgan fingerprint density at radius 2 is 1.13 bits per heavy atom. The van der Waals surface area contributed by atoms with Crippen LogP contribution in [-0.2, 0) is 23.7 Å². The van der Waals surface area contributed by atoms with Gasteiger partial charge in [-0.25, -0.2) is 4.79 Å². The average Bonchev–Trinajstić information content (AvgIpc) is 3.23. The maximum Gasteiger partial charge on any atom is 0.334 e. The second kappa shape index (κ2) is 26.3. The van der Waals surface area contributed by atoms with Gasteiger partial charge in [0.1, 0.15) is 6.10 Å². The topological polar surface area (TPSA) is 74.2 Å².